The summed E-state index contributed by atoms with van der Waals surface area (Å²) in [4.78, 5) is 0. The molecule has 2 heterocycles. The third-order valence-corrected chi connectivity index (χ3v) is 19.5. The molecule has 0 saturated carbocycles. The van der Waals surface area contributed by atoms with Crippen molar-refractivity contribution in [1.82, 2.24) is 13.7 Å². The fraction of sp³-hybridized carbons (Fsp3) is 0.0244. The number of hydrogen-bond acceptors (Lipinski definition) is 0. The van der Waals surface area contributed by atoms with Crippen molar-refractivity contribution >= 4 is 76.2 Å². The molecular formula is C82H51N3. The smallest absolute Gasteiger partial charge is 0.0720 e. The maximum Gasteiger partial charge on any atom is 0.0720 e. The number of rotatable bonds is 3. The lowest BCUT2D eigenvalue weighted by Gasteiger charge is -2.49. The van der Waals surface area contributed by atoms with Crippen molar-refractivity contribution in [3.63, 3.8) is 0 Å². The van der Waals surface area contributed by atoms with Gasteiger partial charge in [-0.25, -0.2) is 0 Å². The highest BCUT2D eigenvalue weighted by Gasteiger charge is 2.59. The van der Waals surface area contributed by atoms with Crippen LogP contribution < -0.4 is 0 Å². The average Bonchev–Trinajstić information content (AvgIpc) is 1.60. The largest absolute Gasteiger partial charge is 0.310 e. The van der Waals surface area contributed by atoms with Gasteiger partial charge in [0, 0.05) is 49.3 Å². The molecule has 0 atom stereocenters. The topological polar surface area (TPSA) is 14.8 Å². The fourth-order valence-corrected chi connectivity index (χ4v) is 16.2. The lowest BCUT2D eigenvalue weighted by molar-refractivity contribution is 0.632. The van der Waals surface area contributed by atoms with Crippen molar-refractivity contribution in [1.29, 1.82) is 0 Å². The predicted molar refractivity (Wildman–Crippen MR) is 353 cm³/mol. The van der Waals surface area contributed by atoms with E-state index < -0.39 is 10.8 Å². The molecule has 19 rings (SSSR count). The Bertz CT molecular complexity index is 5340. The summed E-state index contributed by atoms with van der Waals surface area (Å²) in [7, 11) is 0. The Morgan fingerprint density at radius 2 is 0.553 bits per heavy atom. The number of hydrogen-bond donors (Lipinski definition) is 0. The monoisotopic (exact) mass is 1080 g/mol. The van der Waals surface area contributed by atoms with E-state index in [1.54, 1.807) is 0 Å². The molecule has 394 valence electrons. The van der Waals surface area contributed by atoms with Crippen LogP contribution in [0.3, 0.4) is 0 Å². The van der Waals surface area contributed by atoms with Gasteiger partial charge in [0.1, 0.15) is 0 Å². The van der Waals surface area contributed by atoms with E-state index >= 15 is 0 Å². The molecule has 0 amide bonds. The Hall–Kier alpha value is -11.0. The molecule has 0 unspecified atom stereocenters. The van der Waals surface area contributed by atoms with Crippen LogP contribution in [0, 0.1) is 0 Å². The zero-order chi connectivity index (χ0) is 55.5. The standard InChI is InChI=1S/C82H51N3/c1-3-27-61-52(19-1)21-17-39-77(61)83-56-25-15-23-54(47-56)55-24-16-26-57(48-55)84(78-40-18-22-53-20-2-4-28-62(53)78)59-43-46-80-68(50-59)67-49-58(83)42-45-79(67)85(80)60-41-44-75-76(51-60)82(71-35-11-7-31-65(71)66-32-8-12-36-72(66)82)74-38-14-13-37-73(74)81(75)69-33-9-5-29-63(69)64-30-6-10-34-70(64)81/h1-51H. The summed E-state index contributed by atoms with van der Waals surface area (Å²) in [5.41, 5.74) is 24.5. The summed E-state index contributed by atoms with van der Waals surface area (Å²) < 4.78 is 7.51. The minimum absolute atomic E-state index is 0.589. The molecule has 0 saturated heterocycles. The normalized spacial score (nSPS) is 13.8. The zero-order valence-electron chi connectivity index (χ0n) is 46.3. The van der Waals surface area contributed by atoms with Gasteiger partial charge in [-0.2, -0.15) is 0 Å². The van der Waals surface area contributed by atoms with Crippen molar-refractivity contribution in [2.45, 2.75) is 10.8 Å². The van der Waals surface area contributed by atoms with Crippen LogP contribution in [-0.4, -0.2) is 13.7 Å². The summed E-state index contributed by atoms with van der Waals surface area (Å²) >= 11 is 0. The summed E-state index contributed by atoms with van der Waals surface area (Å²) in [6.45, 7) is 0. The molecule has 3 aliphatic carbocycles. The van der Waals surface area contributed by atoms with E-state index in [0.29, 0.717) is 0 Å². The van der Waals surface area contributed by atoms with E-state index in [2.05, 4.69) is 323 Å². The van der Waals surface area contributed by atoms with E-state index in [1.165, 1.54) is 99.1 Å². The Morgan fingerprint density at radius 3 is 1.02 bits per heavy atom. The highest BCUT2D eigenvalue weighted by Crippen LogP contribution is 2.67. The van der Waals surface area contributed by atoms with Crippen molar-refractivity contribution in [2.24, 2.45) is 0 Å². The van der Waals surface area contributed by atoms with E-state index in [1.807, 2.05) is 0 Å². The van der Waals surface area contributed by atoms with Gasteiger partial charge in [0.25, 0.3) is 0 Å². The van der Waals surface area contributed by atoms with E-state index in [4.69, 9.17) is 0 Å². The van der Waals surface area contributed by atoms with Crippen LogP contribution in [0.15, 0.2) is 309 Å². The second kappa shape index (κ2) is 17.3. The molecule has 14 aromatic carbocycles. The van der Waals surface area contributed by atoms with Gasteiger partial charge in [0.2, 0.25) is 0 Å². The van der Waals surface area contributed by atoms with Crippen molar-refractivity contribution in [2.75, 3.05) is 0 Å². The third-order valence-electron chi connectivity index (χ3n) is 19.5. The SMILES string of the molecule is c1ccc2c(c1)-c1ccccc1C21c2ccccc2C2(c3ccccc3-c3ccccc32)c2cc(-n3c4ccc5cc4c4cc(ccc43)n(-c3cccc4ccccc34)c3cccc(c3)c3cccc(c3)n5-c3cccc4ccccc34)ccc21. The van der Waals surface area contributed by atoms with Crippen LogP contribution in [0.5, 0.6) is 0 Å². The number of aromatic nitrogens is 3. The molecule has 0 fully saturated rings. The van der Waals surface area contributed by atoms with E-state index in [9.17, 15) is 0 Å². The summed E-state index contributed by atoms with van der Waals surface area (Å²) in [6, 6.07) is 117. The van der Waals surface area contributed by atoms with Gasteiger partial charge >= 0.3 is 0 Å². The van der Waals surface area contributed by atoms with Gasteiger partial charge in [0.15, 0.2) is 0 Å². The number of fused-ring (bicyclic) bond motifs is 25. The first-order valence-electron chi connectivity index (χ1n) is 29.6. The quantitative estimate of drug-likeness (QED) is 0.167. The summed E-state index contributed by atoms with van der Waals surface area (Å²) in [5, 5.41) is 9.42. The molecule has 0 N–H and O–H groups in total. The van der Waals surface area contributed by atoms with Gasteiger partial charge in [-0.3, -0.25) is 0 Å². The highest BCUT2D eigenvalue weighted by atomic mass is 15.0. The fourth-order valence-electron chi connectivity index (χ4n) is 16.2. The first-order valence-corrected chi connectivity index (χ1v) is 29.6. The van der Waals surface area contributed by atoms with Crippen molar-refractivity contribution < 1.29 is 0 Å². The number of benzene rings is 14. The molecule has 2 aromatic heterocycles. The second-order valence-corrected chi connectivity index (χ2v) is 23.5. The average molecular weight is 1080 g/mol. The molecule has 16 aromatic rings. The lowest BCUT2D eigenvalue weighted by Crippen LogP contribution is -2.43. The zero-order valence-corrected chi connectivity index (χ0v) is 46.3. The first-order chi connectivity index (χ1) is 42.2. The molecule has 0 radical (unpaired) electrons. The highest BCUT2D eigenvalue weighted by molar-refractivity contribution is 6.13. The van der Waals surface area contributed by atoms with Gasteiger partial charge in [0.05, 0.1) is 33.2 Å². The molecule has 3 aliphatic rings. The maximum absolute atomic E-state index is 2.60. The van der Waals surface area contributed by atoms with E-state index in [0.717, 1.165) is 60.9 Å². The minimum atomic E-state index is -0.640. The summed E-state index contributed by atoms with van der Waals surface area (Å²) in [5.74, 6) is 0. The van der Waals surface area contributed by atoms with Crippen LogP contribution in [0.4, 0.5) is 0 Å². The third kappa shape index (κ3) is 6.13. The van der Waals surface area contributed by atoms with Crippen LogP contribution in [0.1, 0.15) is 44.5 Å². The maximum atomic E-state index is 2.60. The van der Waals surface area contributed by atoms with Gasteiger partial charge in [-0.1, -0.05) is 224 Å². The van der Waals surface area contributed by atoms with Crippen LogP contribution in [-0.2, 0) is 10.8 Å². The molecule has 3 heteroatoms. The summed E-state index contributed by atoms with van der Waals surface area (Å²) in [6.07, 6.45) is 0. The van der Waals surface area contributed by atoms with Gasteiger partial charge in [-0.05, 0) is 173 Å². The second-order valence-electron chi connectivity index (χ2n) is 23.5. The first kappa shape index (κ1) is 46.6. The van der Waals surface area contributed by atoms with Crippen LogP contribution >= 0.6 is 0 Å². The molecule has 2 spiro atoms. The van der Waals surface area contributed by atoms with Gasteiger partial charge in [-0.15, -0.1) is 0 Å². The van der Waals surface area contributed by atoms with Crippen molar-refractivity contribution in [3.05, 3.63) is 354 Å². The Kier molecular flexibility index (Phi) is 9.47. The number of nitrogens with zero attached hydrogens (tertiary/aromatic N) is 3. The Morgan fingerprint density at radius 1 is 0.200 bits per heavy atom. The molecule has 85 heavy (non-hydrogen) atoms. The molecule has 8 bridgehead atoms. The lowest BCUT2D eigenvalue weighted by atomic mass is 9.52. The Balaban J connectivity index is 0.981. The Labute approximate surface area is 491 Å². The molecule has 0 aliphatic heterocycles. The predicted octanol–water partition coefficient (Wildman–Crippen LogP) is 20.3. The molecular weight excluding hydrogens is 1030 g/mol. The van der Waals surface area contributed by atoms with Crippen LogP contribution in [0.2, 0.25) is 0 Å². The van der Waals surface area contributed by atoms with Crippen molar-refractivity contribution in [3.8, 4) is 39.3 Å². The molecule has 3 nitrogen and oxygen atoms in total. The van der Waals surface area contributed by atoms with Crippen LogP contribution in [0.25, 0.3) is 116 Å². The minimum Gasteiger partial charge on any atom is -0.310 e. The van der Waals surface area contributed by atoms with Gasteiger partial charge < -0.3 is 13.7 Å². The van der Waals surface area contributed by atoms with E-state index in [-0.39, 0.29) is 0 Å².